The van der Waals surface area contributed by atoms with Crippen LogP contribution in [0.4, 0.5) is 0 Å². The molecule has 0 unspecified atom stereocenters. The summed E-state index contributed by atoms with van der Waals surface area (Å²) in [5, 5.41) is 43.4. The first-order valence-corrected chi connectivity index (χ1v) is 11.5. The number of hydrogen-bond donors (Lipinski definition) is 4. The van der Waals surface area contributed by atoms with E-state index in [0.717, 1.165) is 39.0 Å². The Morgan fingerprint density at radius 1 is 1.00 bits per heavy atom. The Balaban J connectivity index is 1.66. The second-order valence-electron chi connectivity index (χ2n) is 9.54. The van der Waals surface area contributed by atoms with Gasteiger partial charge in [-0.2, -0.15) is 0 Å². The predicted molar refractivity (Wildman–Crippen MR) is 119 cm³/mol. The lowest BCUT2D eigenvalue weighted by atomic mass is 9.72. The smallest absolute Gasteiger partial charge is 0.202 e. The van der Waals surface area contributed by atoms with Crippen LogP contribution in [0.25, 0.3) is 0 Å². The van der Waals surface area contributed by atoms with Gasteiger partial charge in [-0.05, 0) is 38.7 Å². The first-order chi connectivity index (χ1) is 16.1. The fraction of sp³-hybridized carbons (Fsp3) is 0.423. The van der Waals surface area contributed by atoms with Crippen molar-refractivity contribution in [3.8, 4) is 17.2 Å². The zero-order chi connectivity index (χ0) is 24.4. The van der Waals surface area contributed by atoms with E-state index in [1.165, 1.54) is 6.07 Å². The van der Waals surface area contributed by atoms with Crippen molar-refractivity contribution in [2.24, 2.45) is 0 Å². The molecule has 178 valence electrons. The average Bonchev–Trinajstić information content (AvgIpc) is 2.80. The molecule has 0 heterocycles. The molecular weight excluding hydrogens is 440 g/mol. The number of carbonyl (C=O) groups is 3. The predicted octanol–water partition coefficient (Wildman–Crippen LogP) is 2.88. The maximum Gasteiger partial charge on any atom is 0.202 e. The third kappa shape index (κ3) is 3.24. The standard InChI is InChI=1S/C26H26O8/c1-12(27)26(33)10-15-18(16(28)11-26)24(31)21-20(23(15)30)22(29)14-8-5-9-17(19(14)25(21)32)34-13-6-3-2-4-7-13/h5,8-9,13,16,28,30-31,33H,2-4,6-7,10-11H2,1H3/t16-,26-/m0/s1. The third-order valence-electron chi connectivity index (χ3n) is 7.38. The number of phenolic OH excluding ortho intramolecular Hbond substituents is 2. The summed E-state index contributed by atoms with van der Waals surface area (Å²) in [5.41, 5.74) is -2.98. The Morgan fingerprint density at radius 2 is 1.68 bits per heavy atom. The number of ketones is 3. The highest BCUT2D eigenvalue weighted by Crippen LogP contribution is 2.51. The van der Waals surface area contributed by atoms with Crippen molar-refractivity contribution < 1.29 is 39.5 Å². The topological polar surface area (TPSA) is 141 Å². The Morgan fingerprint density at radius 3 is 2.35 bits per heavy atom. The molecule has 8 heteroatoms. The van der Waals surface area contributed by atoms with E-state index in [4.69, 9.17) is 4.74 Å². The van der Waals surface area contributed by atoms with E-state index in [2.05, 4.69) is 0 Å². The molecular formula is C26H26O8. The maximum atomic E-state index is 13.6. The number of phenols is 2. The fourth-order valence-corrected chi connectivity index (χ4v) is 5.50. The normalized spacial score (nSPS) is 24.3. The van der Waals surface area contributed by atoms with Crippen LogP contribution in [0.1, 0.15) is 94.5 Å². The molecule has 0 aromatic heterocycles. The molecule has 2 atom stereocenters. The molecule has 3 aliphatic carbocycles. The summed E-state index contributed by atoms with van der Waals surface area (Å²) < 4.78 is 6.11. The minimum absolute atomic E-state index is 0.0192. The highest BCUT2D eigenvalue weighted by molar-refractivity contribution is 6.31. The van der Waals surface area contributed by atoms with Gasteiger partial charge in [0.2, 0.25) is 5.78 Å². The minimum atomic E-state index is -1.97. The van der Waals surface area contributed by atoms with Gasteiger partial charge < -0.3 is 25.2 Å². The Hall–Kier alpha value is -3.23. The second-order valence-corrected chi connectivity index (χ2v) is 9.54. The van der Waals surface area contributed by atoms with Gasteiger partial charge in [0.1, 0.15) is 22.8 Å². The summed E-state index contributed by atoms with van der Waals surface area (Å²) in [7, 11) is 0. The lowest BCUT2D eigenvalue weighted by molar-refractivity contribution is -0.139. The molecule has 8 nitrogen and oxygen atoms in total. The summed E-state index contributed by atoms with van der Waals surface area (Å²) in [5.74, 6) is -2.99. The van der Waals surface area contributed by atoms with E-state index in [1.54, 1.807) is 12.1 Å². The summed E-state index contributed by atoms with van der Waals surface area (Å²) in [6, 6.07) is 4.67. The highest BCUT2D eigenvalue weighted by atomic mass is 16.5. The van der Waals surface area contributed by atoms with Gasteiger partial charge in [-0.25, -0.2) is 0 Å². The van der Waals surface area contributed by atoms with Crippen molar-refractivity contribution in [2.45, 2.75) is 69.7 Å². The van der Waals surface area contributed by atoms with E-state index in [-0.39, 0.29) is 34.1 Å². The van der Waals surface area contributed by atoms with E-state index >= 15 is 0 Å². The van der Waals surface area contributed by atoms with Crippen molar-refractivity contribution >= 4 is 17.3 Å². The molecule has 0 amide bonds. The zero-order valence-electron chi connectivity index (χ0n) is 18.8. The first-order valence-electron chi connectivity index (χ1n) is 11.5. The summed E-state index contributed by atoms with van der Waals surface area (Å²) >= 11 is 0. The van der Waals surface area contributed by atoms with Crippen molar-refractivity contribution in [3.63, 3.8) is 0 Å². The van der Waals surface area contributed by atoms with Crippen LogP contribution in [0.2, 0.25) is 0 Å². The van der Waals surface area contributed by atoms with E-state index in [9.17, 15) is 34.8 Å². The molecule has 2 aromatic carbocycles. The van der Waals surface area contributed by atoms with Gasteiger partial charge in [0.25, 0.3) is 0 Å². The maximum absolute atomic E-state index is 13.6. The minimum Gasteiger partial charge on any atom is -0.507 e. The fourth-order valence-electron chi connectivity index (χ4n) is 5.50. The molecule has 0 radical (unpaired) electrons. The van der Waals surface area contributed by atoms with Crippen molar-refractivity contribution in [1.82, 2.24) is 0 Å². The number of aliphatic hydroxyl groups excluding tert-OH is 1. The van der Waals surface area contributed by atoms with Crippen LogP contribution in [-0.4, -0.2) is 49.5 Å². The molecule has 0 bridgehead atoms. The van der Waals surface area contributed by atoms with E-state index in [1.807, 2.05) is 0 Å². The van der Waals surface area contributed by atoms with Crippen molar-refractivity contribution in [3.05, 3.63) is 51.6 Å². The molecule has 3 aliphatic rings. The van der Waals surface area contributed by atoms with Crippen LogP contribution in [0.15, 0.2) is 18.2 Å². The SMILES string of the molecule is CC(=O)[C@]1(O)Cc2c(O)c3c(c(O)c2[C@@H](O)C1)C(=O)c1c(OC2CCCCC2)cccc1C3=O. The molecule has 1 fully saturated rings. The molecule has 0 spiro atoms. The number of benzene rings is 2. The molecule has 34 heavy (non-hydrogen) atoms. The number of Topliss-reactive ketones (excluding diaryl/α,β-unsaturated/α-hetero) is 1. The molecule has 5 rings (SSSR count). The summed E-state index contributed by atoms with van der Waals surface area (Å²) in [4.78, 5) is 39.1. The van der Waals surface area contributed by atoms with Gasteiger partial charge in [-0.15, -0.1) is 0 Å². The molecule has 0 aliphatic heterocycles. The number of aliphatic hydroxyl groups is 2. The number of rotatable bonds is 3. The summed E-state index contributed by atoms with van der Waals surface area (Å²) in [6.45, 7) is 1.16. The number of hydrogen-bond acceptors (Lipinski definition) is 8. The van der Waals surface area contributed by atoms with Crippen molar-refractivity contribution in [1.29, 1.82) is 0 Å². The largest absolute Gasteiger partial charge is 0.507 e. The quantitative estimate of drug-likeness (QED) is 0.432. The van der Waals surface area contributed by atoms with Crippen LogP contribution in [0.5, 0.6) is 17.2 Å². The van der Waals surface area contributed by atoms with Crippen LogP contribution < -0.4 is 4.74 Å². The van der Waals surface area contributed by atoms with Gasteiger partial charge in [0.15, 0.2) is 11.6 Å². The molecule has 2 aromatic rings. The Labute approximate surface area is 195 Å². The van der Waals surface area contributed by atoms with E-state index < -0.39 is 64.5 Å². The van der Waals surface area contributed by atoms with Gasteiger partial charge >= 0.3 is 0 Å². The zero-order valence-corrected chi connectivity index (χ0v) is 18.8. The van der Waals surface area contributed by atoms with E-state index in [0.29, 0.717) is 0 Å². The van der Waals surface area contributed by atoms with Crippen LogP contribution in [0, 0.1) is 0 Å². The first kappa shape index (κ1) is 22.6. The monoisotopic (exact) mass is 466 g/mol. The lowest BCUT2D eigenvalue weighted by Crippen LogP contribution is -2.44. The number of aromatic hydroxyl groups is 2. The number of ether oxygens (including phenoxy) is 1. The lowest BCUT2D eigenvalue weighted by Gasteiger charge is -2.36. The van der Waals surface area contributed by atoms with Gasteiger partial charge in [-0.3, -0.25) is 14.4 Å². The van der Waals surface area contributed by atoms with Gasteiger partial charge in [-0.1, -0.05) is 18.6 Å². The third-order valence-corrected chi connectivity index (χ3v) is 7.38. The molecule has 4 N–H and O–H groups in total. The molecule has 0 saturated heterocycles. The van der Waals surface area contributed by atoms with Crippen LogP contribution in [0.3, 0.4) is 0 Å². The van der Waals surface area contributed by atoms with Crippen LogP contribution >= 0.6 is 0 Å². The van der Waals surface area contributed by atoms with Crippen LogP contribution in [-0.2, 0) is 11.2 Å². The highest BCUT2D eigenvalue weighted by Gasteiger charge is 2.47. The number of fused-ring (bicyclic) bond motifs is 3. The van der Waals surface area contributed by atoms with Gasteiger partial charge in [0.05, 0.1) is 28.9 Å². The average molecular weight is 466 g/mol. The second kappa shape index (κ2) is 7.92. The van der Waals surface area contributed by atoms with Gasteiger partial charge in [0, 0.05) is 29.5 Å². The molecule has 1 saturated carbocycles. The number of carbonyl (C=O) groups excluding carboxylic acids is 3. The Kier molecular flexibility index (Phi) is 5.26. The summed E-state index contributed by atoms with van der Waals surface area (Å²) in [6.07, 6.45) is 2.42. The Bertz CT molecular complexity index is 1240. The van der Waals surface area contributed by atoms with Crippen molar-refractivity contribution in [2.75, 3.05) is 0 Å².